The number of rotatable bonds is 7. The highest BCUT2D eigenvalue weighted by Gasteiger charge is 2.30. The Bertz CT molecular complexity index is 775. The van der Waals surface area contributed by atoms with Gasteiger partial charge in [-0.05, 0) is 30.7 Å². The van der Waals surface area contributed by atoms with Crippen LogP contribution in [0.2, 0.25) is 0 Å². The second-order valence-electron chi connectivity index (χ2n) is 6.08. The van der Waals surface area contributed by atoms with Crippen molar-refractivity contribution in [2.24, 2.45) is 0 Å². The summed E-state index contributed by atoms with van der Waals surface area (Å²) in [5.74, 6) is 0.00427. The van der Waals surface area contributed by atoms with Crippen molar-refractivity contribution in [2.75, 3.05) is 13.1 Å². The number of hydrogen-bond donors (Lipinski definition) is 1. The van der Waals surface area contributed by atoms with Crippen molar-refractivity contribution in [3.8, 4) is 5.75 Å². The minimum atomic E-state index is -0.391. The van der Waals surface area contributed by atoms with E-state index in [1.165, 1.54) is 30.5 Å². The Hall–Kier alpha value is -2.90. The second-order valence-corrected chi connectivity index (χ2v) is 6.08. The van der Waals surface area contributed by atoms with Crippen molar-refractivity contribution in [3.05, 3.63) is 47.9 Å². The molecule has 1 aromatic carbocycles. The van der Waals surface area contributed by atoms with Gasteiger partial charge in [0.15, 0.2) is 12.3 Å². The van der Waals surface area contributed by atoms with Gasteiger partial charge in [-0.1, -0.05) is 6.92 Å². The highest BCUT2D eigenvalue weighted by Crippen LogP contribution is 2.15. The van der Waals surface area contributed by atoms with Crippen molar-refractivity contribution in [2.45, 2.75) is 32.4 Å². The van der Waals surface area contributed by atoms with Crippen LogP contribution in [-0.4, -0.2) is 40.8 Å². The topological polar surface area (TPSA) is 84.7 Å². The molecule has 0 radical (unpaired) electrons. The Balaban J connectivity index is 1.51. The van der Waals surface area contributed by atoms with E-state index in [9.17, 15) is 14.0 Å². The molecule has 1 aliphatic heterocycles. The molecule has 2 amide bonds. The normalized spacial score (nSPS) is 16.8. The second kappa shape index (κ2) is 7.99. The van der Waals surface area contributed by atoms with E-state index >= 15 is 0 Å². The fraction of sp³-hybridized carbons (Fsp3) is 0.389. The lowest BCUT2D eigenvalue weighted by atomic mass is 10.2. The molecule has 1 N–H and O–H groups in total. The van der Waals surface area contributed by atoms with Gasteiger partial charge in [-0.2, -0.15) is 0 Å². The largest absolute Gasteiger partial charge is 0.484 e. The number of ether oxygens (including phenoxy) is 1. The molecule has 0 bridgehead atoms. The van der Waals surface area contributed by atoms with Crippen LogP contribution in [-0.2, 0) is 11.4 Å². The molecule has 1 aromatic heterocycles. The Labute approximate surface area is 150 Å². The van der Waals surface area contributed by atoms with E-state index in [-0.39, 0.29) is 36.0 Å². The molecule has 0 unspecified atom stereocenters. The summed E-state index contributed by atoms with van der Waals surface area (Å²) in [6.45, 7) is 3.23. The molecular weight excluding hydrogens is 341 g/mol. The van der Waals surface area contributed by atoms with Crippen molar-refractivity contribution in [1.29, 1.82) is 0 Å². The van der Waals surface area contributed by atoms with Crippen LogP contribution in [0.4, 0.5) is 4.39 Å². The first kappa shape index (κ1) is 17.9. The highest BCUT2D eigenvalue weighted by atomic mass is 19.1. The maximum absolute atomic E-state index is 12.8. The predicted molar refractivity (Wildman–Crippen MR) is 90.0 cm³/mol. The summed E-state index contributed by atoms with van der Waals surface area (Å²) in [5.41, 5.74) is 0.129. The molecule has 1 aliphatic rings. The van der Waals surface area contributed by atoms with Crippen LogP contribution in [0.1, 0.15) is 36.1 Å². The van der Waals surface area contributed by atoms with Gasteiger partial charge in [-0.15, -0.1) is 0 Å². The summed E-state index contributed by atoms with van der Waals surface area (Å²) in [6.07, 6.45) is 2.43. The molecule has 26 heavy (non-hydrogen) atoms. The van der Waals surface area contributed by atoms with Crippen molar-refractivity contribution >= 4 is 11.8 Å². The number of hydrogen-bond acceptors (Lipinski definition) is 5. The molecule has 0 spiro atoms. The van der Waals surface area contributed by atoms with Gasteiger partial charge in [0.05, 0.1) is 6.04 Å². The Morgan fingerprint density at radius 1 is 1.42 bits per heavy atom. The van der Waals surface area contributed by atoms with Gasteiger partial charge in [-0.3, -0.25) is 9.59 Å². The molecule has 138 valence electrons. The smallest absolute Gasteiger partial charge is 0.273 e. The Kier molecular flexibility index (Phi) is 5.50. The lowest BCUT2D eigenvalue weighted by Gasteiger charge is -2.15. The van der Waals surface area contributed by atoms with Crippen molar-refractivity contribution < 1.29 is 23.1 Å². The number of nitrogens with zero attached hydrogens (tertiary/aromatic N) is 2. The average Bonchev–Trinajstić information content (AvgIpc) is 3.22. The zero-order valence-electron chi connectivity index (χ0n) is 14.4. The van der Waals surface area contributed by atoms with E-state index in [1.54, 1.807) is 4.90 Å². The number of amides is 2. The summed E-state index contributed by atoms with van der Waals surface area (Å²) in [4.78, 5) is 29.9. The minimum absolute atomic E-state index is 0.0190. The lowest BCUT2D eigenvalue weighted by Crippen LogP contribution is -2.37. The standard InChI is InChI=1S/C18H20FN3O4/c1-2-7-22-9-13(8-17(22)23)20-18(24)15-10-26-16(21-15)11-25-14-5-3-12(19)4-6-14/h3-6,10,13H,2,7-9,11H2,1H3,(H,20,24)/t13-/m1/s1. The van der Waals surface area contributed by atoms with Crippen molar-refractivity contribution in [3.63, 3.8) is 0 Å². The van der Waals surface area contributed by atoms with Gasteiger partial charge in [0, 0.05) is 19.5 Å². The fourth-order valence-electron chi connectivity index (χ4n) is 2.77. The number of likely N-dealkylation sites (tertiary alicyclic amines) is 1. The molecule has 0 aliphatic carbocycles. The minimum Gasteiger partial charge on any atom is -0.484 e. The first-order valence-electron chi connectivity index (χ1n) is 8.46. The molecule has 1 fully saturated rings. The molecule has 7 nitrogen and oxygen atoms in total. The number of benzene rings is 1. The van der Waals surface area contributed by atoms with Crippen LogP contribution in [0.25, 0.3) is 0 Å². The van der Waals surface area contributed by atoms with E-state index in [4.69, 9.17) is 9.15 Å². The first-order chi connectivity index (χ1) is 12.5. The van der Waals surface area contributed by atoms with Crippen molar-refractivity contribution in [1.82, 2.24) is 15.2 Å². The molecule has 2 heterocycles. The Morgan fingerprint density at radius 3 is 2.92 bits per heavy atom. The van der Waals surface area contributed by atoms with Crippen LogP contribution >= 0.6 is 0 Å². The molecule has 3 rings (SSSR count). The van der Waals surface area contributed by atoms with Gasteiger partial charge >= 0.3 is 0 Å². The molecule has 1 saturated heterocycles. The molecule has 0 saturated carbocycles. The molecular formula is C18H20FN3O4. The van der Waals surface area contributed by atoms with E-state index in [0.717, 1.165) is 6.42 Å². The van der Waals surface area contributed by atoms with Gasteiger partial charge in [0.25, 0.3) is 5.91 Å². The zero-order valence-corrected chi connectivity index (χ0v) is 14.4. The summed E-state index contributed by atoms with van der Waals surface area (Å²) in [6, 6.07) is 5.33. The van der Waals surface area contributed by atoms with E-state index in [0.29, 0.717) is 25.3 Å². The SMILES string of the molecule is CCCN1C[C@H](NC(=O)c2coc(COc3ccc(F)cc3)n2)CC1=O. The number of nitrogens with one attached hydrogen (secondary N) is 1. The average molecular weight is 361 g/mol. The number of halogens is 1. The third-order valence-electron chi connectivity index (χ3n) is 4.00. The van der Waals surface area contributed by atoms with E-state index in [2.05, 4.69) is 10.3 Å². The fourth-order valence-corrected chi connectivity index (χ4v) is 2.77. The Morgan fingerprint density at radius 2 is 2.19 bits per heavy atom. The van der Waals surface area contributed by atoms with Crippen LogP contribution in [0.3, 0.4) is 0 Å². The summed E-state index contributed by atoms with van der Waals surface area (Å²) < 4.78 is 23.5. The van der Waals surface area contributed by atoms with Gasteiger partial charge in [0.1, 0.15) is 17.8 Å². The molecule has 1 atom stereocenters. The van der Waals surface area contributed by atoms with Crippen LogP contribution in [0, 0.1) is 5.82 Å². The van der Waals surface area contributed by atoms with Gasteiger partial charge in [-0.25, -0.2) is 9.37 Å². The summed E-state index contributed by atoms with van der Waals surface area (Å²) >= 11 is 0. The van der Waals surface area contributed by atoms with Crippen LogP contribution in [0.15, 0.2) is 34.9 Å². The monoisotopic (exact) mass is 361 g/mol. The van der Waals surface area contributed by atoms with Gasteiger partial charge < -0.3 is 19.4 Å². The number of carbonyl (C=O) groups excluding carboxylic acids is 2. The summed E-state index contributed by atoms with van der Waals surface area (Å²) in [5, 5.41) is 2.80. The van der Waals surface area contributed by atoms with Crippen LogP contribution < -0.4 is 10.1 Å². The number of carbonyl (C=O) groups is 2. The maximum Gasteiger partial charge on any atom is 0.273 e. The third kappa shape index (κ3) is 4.38. The van der Waals surface area contributed by atoms with Crippen LogP contribution in [0.5, 0.6) is 5.75 Å². The number of oxazole rings is 1. The maximum atomic E-state index is 12.8. The lowest BCUT2D eigenvalue weighted by molar-refractivity contribution is -0.127. The molecule has 2 aromatic rings. The van der Waals surface area contributed by atoms with E-state index in [1.807, 2.05) is 6.92 Å². The zero-order chi connectivity index (χ0) is 18.5. The first-order valence-corrected chi connectivity index (χ1v) is 8.46. The quantitative estimate of drug-likeness (QED) is 0.817. The predicted octanol–water partition coefficient (Wildman–Crippen LogP) is 2.13. The number of aromatic nitrogens is 1. The summed E-state index contributed by atoms with van der Waals surface area (Å²) in [7, 11) is 0. The highest BCUT2D eigenvalue weighted by molar-refractivity contribution is 5.93. The van der Waals surface area contributed by atoms with Gasteiger partial charge in [0.2, 0.25) is 11.8 Å². The third-order valence-corrected chi connectivity index (χ3v) is 4.00. The molecule has 8 heteroatoms. The van der Waals surface area contributed by atoms with E-state index < -0.39 is 5.91 Å².